The van der Waals surface area contributed by atoms with Crippen molar-refractivity contribution in [2.75, 3.05) is 0 Å². The van der Waals surface area contributed by atoms with Crippen LogP contribution in [0.3, 0.4) is 0 Å². The molecule has 2 nitrogen and oxygen atoms in total. The summed E-state index contributed by atoms with van der Waals surface area (Å²) in [6.07, 6.45) is 0. The van der Waals surface area contributed by atoms with Gasteiger partial charge in [-0.1, -0.05) is 0 Å². The normalized spacial score (nSPS) is 10.8. The zero-order valence-corrected chi connectivity index (χ0v) is 10.5. The van der Waals surface area contributed by atoms with Gasteiger partial charge in [-0.2, -0.15) is 0 Å². The monoisotopic (exact) mass is 238 g/mol. The SMILES string of the molecule is Cc1csc(CNCc2sccc2C)n1. The van der Waals surface area contributed by atoms with Gasteiger partial charge in [-0.15, -0.1) is 22.7 Å². The van der Waals surface area contributed by atoms with E-state index in [9.17, 15) is 0 Å². The molecule has 0 saturated heterocycles. The summed E-state index contributed by atoms with van der Waals surface area (Å²) in [7, 11) is 0. The van der Waals surface area contributed by atoms with Gasteiger partial charge in [0.25, 0.3) is 0 Å². The molecule has 80 valence electrons. The van der Waals surface area contributed by atoms with Crippen LogP contribution in [-0.4, -0.2) is 4.98 Å². The second kappa shape index (κ2) is 4.88. The molecule has 2 aromatic rings. The van der Waals surface area contributed by atoms with Crippen LogP contribution in [0, 0.1) is 13.8 Å². The van der Waals surface area contributed by atoms with Crippen molar-refractivity contribution in [2.45, 2.75) is 26.9 Å². The molecule has 0 aliphatic heterocycles. The van der Waals surface area contributed by atoms with Crippen LogP contribution in [0.1, 0.15) is 21.1 Å². The Hall–Kier alpha value is -0.710. The maximum atomic E-state index is 4.41. The molecule has 0 fully saturated rings. The first-order valence-corrected chi connectivity index (χ1v) is 6.66. The number of aromatic nitrogens is 1. The van der Waals surface area contributed by atoms with Gasteiger partial charge in [0, 0.05) is 29.0 Å². The highest BCUT2D eigenvalue weighted by molar-refractivity contribution is 7.10. The lowest BCUT2D eigenvalue weighted by Crippen LogP contribution is -2.12. The van der Waals surface area contributed by atoms with Crippen LogP contribution in [0.2, 0.25) is 0 Å². The number of thiazole rings is 1. The fourth-order valence-electron chi connectivity index (χ4n) is 1.35. The maximum absolute atomic E-state index is 4.41. The predicted molar refractivity (Wildman–Crippen MR) is 66.5 cm³/mol. The van der Waals surface area contributed by atoms with Gasteiger partial charge in [0.1, 0.15) is 5.01 Å². The van der Waals surface area contributed by atoms with Crippen LogP contribution in [0.4, 0.5) is 0 Å². The first kappa shape index (κ1) is 10.8. The van der Waals surface area contributed by atoms with E-state index in [-0.39, 0.29) is 0 Å². The summed E-state index contributed by atoms with van der Waals surface area (Å²) < 4.78 is 0. The summed E-state index contributed by atoms with van der Waals surface area (Å²) in [6, 6.07) is 2.16. The zero-order valence-electron chi connectivity index (χ0n) is 8.91. The van der Waals surface area contributed by atoms with E-state index in [1.165, 1.54) is 15.4 Å². The van der Waals surface area contributed by atoms with Gasteiger partial charge in [0.05, 0.1) is 0 Å². The van der Waals surface area contributed by atoms with Crippen LogP contribution in [-0.2, 0) is 13.1 Å². The zero-order chi connectivity index (χ0) is 10.7. The highest BCUT2D eigenvalue weighted by Gasteiger charge is 2.01. The van der Waals surface area contributed by atoms with Gasteiger partial charge in [-0.25, -0.2) is 4.98 Å². The Balaban J connectivity index is 1.83. The Morgan fingerprint density at radius 2 is 2.13 bits per heavy atom. The first-order valence-electron chi connectivity index (χ1n) is 4.90. The average Bonchev–Trinajstić information content (AvgIpc) is 2.77. The molecule has 2 heterocycles. The molecule has 15 heavy (non-hydrogen) atoms. The highest BCUT2D eigenvalue weighted by Crippen LogP contribution is 2.15. The fourth-order valence-corrected chi connectivity index (χ4v) is 2.97. The topological polar surface area (TPSA) is 24.9 Å². The molecule has 0 saturated carbocycles. The van der Waals surface area contributed by atoms with Crippen LogP contribution in [0.15, 0.2) is 16.8 Å². The van der Waals surface area contributed by atoms with Gasteiger partial charge in [-0.3, -0.25) is 0 Å². The molecule has 1 N–H and O–H groups in total. The molecule has 0 aliphatic carbocycles. The standard InChI is InChI=1S/C11H14N2S2/c1-8-3-4-14-10(8)5-12-6-11-13-9(2)7-15-11/h3-4,7,12H,5-6H2,1-2H3. The first-order chi connectivity index (χ1) is 7.25. The van der Waals surface area contributed by atoms with Gasteiger partial charge in [0.2, 0.25) is 0 Å². The van der Waals surface area contributed by atoms with Crippen molar-refractivity contribution in [3.8, 4) is 0 Å². The van der Waals surface area contributed by atoms with E-state index in [1.54, 1.807) is 11.3 Å². The molecule has 2 rings (SSSR count). The number of thiophene rings is 1. The number of hydrogen-bond acceptors (Lipinski definition) is 4. The number of hydrogen-bond donors (Lipinski definition) is 1. The Morgan fingerprint density at radius 1 is 1.27 bits per heavy atom. The number of rotatable bonds is 4. The lowest BCUT2D eigenvalue weighted by molar-refractivity contribution is 0.694. The molecule has 0 radical (unpaired) electrons. The minimum atomic E-state index is 0.871. The molecule has 4 heteroatoms. The molecule has 0 aromatic carbocycles. The molecule has 0 amide bonds. The lowest BCUT2D eigenvalue weighted by Gasteiger charge is -2.01. The Bertz CT molecular complexity index is 431. The van der Waals surface area contributed by atoms with E-state index >= 15 is 0 Å². The second-order valence-electron chi connectivity index (χ2n) is 3.51. The van der Waals surface area contributed by atoms with Crippen molar-refractivity contribution < 1.29 is 0 Å². The minimum absolute atomic E-state index is 0.871. The third-order valence-electron chi connectivity index (χ3n) is 2.20. The van der Waals surface area contributed by atoms with Gasteiger partial charge in [-0.05, 0) is 30.9 Å². The van der Waals surface area contributed by atoms with Crippen LogP contribution in [0.5, 0.6) is 0 Å². The second-order valence-corrected chi connectivity index (χ2v) is 5.46. The number of nitrogens with one attached hydrogen (secondary N) is 1. The van der Waals surface area contributed by atoms with E-state index < -0.39 is 0 Å². The molecule has 0 aliphatic rings. The summed E-state index contributed by atoms with van der Waals surface area (Å²) in [5.74, 6) is 0. The Labute approximate surface area is 98.0 Å². The average molecular weight is 238 g/mol. The summed E-state index contributed by atoms with van der Waals surface area (Å²) >= 11 is 3.53. The van der Waals surface area contributed by atoms with Gasteiger partial charge < -0.3 is 5.32 Å². The maximum Gasteiger partial charge on any atom is 0.107 e. The molecule has 0 bridgehead atoms. The summed E-state index contributed by atoms with van der Waals surface area (Å²) in [5, 5.41) is 8.81. The van der Waals surface area contributed by atoms with Crippen LogP contribution >= 0.6 is 22.7 Å². The van der Waals surface area contributed by atoms with Crippen molar-refractivity contribution in [2.24, 2.45) is 0 Å². The van der Waals surface area contributed by atoms with E-state index in [2.05, 4.69) is 34.1 Å². The third kappa shape index (κ3) is 2.87. The number of aryl methyl sites for hydroxylation is 2. The van der Waals surface area contributed by atoms with Crippen molar-refractivity contribution in [3.63, 3.8) is 0 Å². The smallest absolute Gasteiger partial charge is 0.107 e. The molecular formula is C11H14N2S2. The van der Waals surface area contributed by atoms with E-state index in [1.807, 2.05) is 18.3 Å². The summed E-state index contributed by atoms with van der Waals surface area (Å²) in [5.41, 5.74) is 2.49. The van der Waals surface area contributed by atoms with E-state index in [4.69, 9.17) is 0 Å². The van der Waals surface area contributed by atoms with Crippen LogP contribution in [0.25, 0.3) is 0 Å². The molecule has 0 atom stereocenters. The molecular weight excluding hydrogens is 224 g/mol. The van der Waals surface area contributed by atoms with E-state index in [0.29, 0.717) is 0 Å². The third-order valence-corrected chi connectivity index (χ3v) is 4.19. The van der Waals surface area contributed by atoms with Crippen molar-refractivity contribution >= 4 is 22.7 Å². The largest absolute Gasteiger partial charge is 0.306 e. The van der Waals surface area contributed by atoms with Gasteiger partial charge >= 0.3 is 0 Å². The minimum Gasteiger partial charge on any atom is -0.306 e. The lowest BCUT2D eigenvalue weighted by atomic mass is 10.3. The van der Waals surface area contributed by atoms with Crippen molar-refractivity contribution in [1.29, 1.82) is 0 Å². The summed E-state index contributed by atoms with van der Waals surface area (Å²) in [4.78, 5) is 5.83. The Morgan fingerprint density at radius 3 is 2.73 bits per heavy atom. The fraction of sp³-hybridized carbons (Fsp3) is 0.364. The van der Waals surface area contributed by atoms with Crippen LogP contribution < -0.4 is 5.32 Å². The summed E-state index contributed by atoms with van der Waals surface area (Å²) in [6.45, 7) is 6.00. The Kier molecular flexibility index (Phi) is 3.51. The quantitative estimate of drug-likeness (QED) is 0.885. The van der Waals surface area contributed by atoms with E-state index in [0.717, 1.165) is 18.8 Å². The predicted octanol–water partition coefficient (Wildman–Crippen LogP) is 3.11. The van der Waals surface area contributed by atoms with Crippen molar-refractivity contribution in [3.05, 3.63) is 38.0 Å². The van der Waals surface area contributed by atoms with Gasteiger partial charge in [0.15, 0.2) is 0 Å². The molecule has 2 aromatic heterocycles. The van der Waals surface area contributed by atoms with Crippen molar-refractivity contribution in [1.82, 2.24) is 10.3 Å². The highest BCUT2D eigenvalue weighted by atomic mass is 32.1. The molecule has 0 unspecified atom stereocenters. The molecule has 0 spiro atoms. The number of nitrogens with zero attached hydrogens (tertiary/aromatic N) is 1.